The van der Waals surface area contributed by atoms with Crippen LogP contribution in [0.1, 0.15) is 11.3 Å². The maximum absolute atomic E-state index is 4.97. The summed E-state index contributed by atoms with van der Waals surface area (Å²) >= 11 is 0. The highest BCUT2D eigenvalue weighted by molar-refractivity contribution is 5.48. The first-order valence-electron chi connectivity index (χ1n) is 6.47. The topological polar surface area (TPSA) is 88.8 Å². The monoisotopic (exact) mass is 282 g/mol. The molecule has 0 unspecified atom stereocenters. The van der Waals surface area contributed by atoms with E-state index < -0.39 is 0 Å². The lowest BCUT2D eigenvalue weighted by atomic mass is 10.2. The van der Waals surface area contributed by atoms with Crippen molar-refractivity contribution in [2.45, 2.75) is 13.5 Å². The molecular formula is C14H14N6O. The molecule has 0 radical (unpaired) electrons. The summed E-state index contributed by atoms with van der Waals surface area (Å²) in [7, 11) is 0. The van der Waals surface area contributed by atoms with Crippen LogP contribution in [0, 0.1) is 6.92 Å². The van der Waals surface area contributed by atoms with Crippen molar-refractivity contribution in [1.29, 1.82) is 0 Å². The van der Waals surface area contributed by atoms with Crippen LogP contribution >= 0.6 is 0 Å². The average molecular weight is 282 g/mol. The van der Waals surface area contributed by atoms with Crippen molar-refractivity contribution in [1.82, 2.24) is 20.3 Å². The van der Waals surface area contributed by atoms with Crippen LogP contribution in [0.4, 0.5) is 17.6 Å². The molecule has 2 N–H and O–H groups in total. The molecular weight excluding hydrogens is 268 g/mol. The minimum absolute atomic E-state index is 0.362. The Morgan fingerprint density at radius 1 is 1.14 bits per heavy atom. The smallest absolute Gasteiger partial charge is 0.250 e. The predicted molar refractivity (Wildman–Crippen MR) is 78.1 cm³/mol. The van der Waals surface area contributed by atoms with E-state index in [1.54, 1.807) is 12.3 Å². The molecule has 2 aromatic heterocycles. The summed E-state index contributed by atoms with van der Waals surface area (Å²) in [5, 5.41) is 17.8. The second-order valence-corrected chi connectivity index (χ2v) is 4.45. The summed E-state index contributed by atoms with van der Waals surface area (Å²) in [5.74, 6) is 2.26. The van der Waals surface area contributed by atoms with Gasteiger partial charge in [0.1, 0.15) is 5.76 Å². The summed E-state index contributed by atoms with van der Waals surface area (Å²) in [6, 6.07) is 11.8. The zero-order chi connectivity index (χ0) is 14.5. The maximum Gasteiger partial charge on any atom is 0.250 e. The zero-order valence-corrected chi connectivity index (χ0v) is 11.4. The van der Waals surface area contributed by atoms with E-state index >= 15 is 0 Å². The minimum atomic E-state index is 0.362. The van der Waals surface area contributed by atoms with Crippen LogP contribution in [-0.4, -0.2) is 20.3 Å². The van der Waals surface area contributed by atoms with Crippen LogP contribution in [0.2, 0.25) is 0 Å². The lowest BCUT2D eigenvalue weighted by Gasteiger charge is -2.06. The lowest BCUT2D eigenvalue weighted by Crippen LogP contribution is -2.05. The molecule has 3 aromatic rings. The second kappa shape index (κ2) is 6.00. The van der Waals surface area contributed by atoms with Gasteiger partial charge in [0, 0.05) is 12.6 Å². The van der Waals surface area contributed by atoms with Gasteiger partial charge < -0.3 is 15.2 Å². The summed E-state index contributed by atoms with van der Waals surface area (Å²) in [6.45, 7) is 2.48. The number of benzene rings is 1. The van der Waals surface area contributed by atoms with Crippen molar-refractivity contribution >= 4 is 17.6 Å². The Morgan fingerprint density at radius 2 is 2.00 bits per heavy atom. The average Bonchev–Trinajstić information content (AvgIpc) is 2.92. The van der Waals surface area contributed by atoms with E-state index in [4.69, 9.17) is 4.52 Å². The molecule has 2 heterocycles. The van der Waals surface area contributed by atoms with Crippen LogP contribution in [0.3, 0.4) is 0 Å². The highest BCUT2D eigenvalue weighted by Gasteiger charge is 2.04. The van der Waals surface area contributed by atoms with Crippen molar-refractivity contribution in [3.63, 3.8) is 0 Å². The largest absolute Gasteiger partial charge is 0.365 e. The van der Waals surface area contributed by atoms with Gasteiger partial charge in [-0.2, -0.15) is 10.1 Å². The molecule has 0 aliphatic heterocycles. The number of hydrogen-bond donors (Lipinski definition) is 2. The number of rotatable bonds is 5. The van der Waals surface area contributed by atoms with Crippen LogP contribution in [0.5, 0.6) is 0 Å². The SMILES string of the molecule is Cc1cc(Nc2nncc(NCc3ccccc3)n2)no1. The molecule has 0 aliphatic carbocycles. The molecule has 21 heavy (non-hydrogen) atoms. The second-order valence-electron chi connectivity index (χ2n) is 4.45. The van der Waals surface area contributed by atoms with Gasteiger partial charge in [-0.05, 0) is 12.5 Å². The van der Waals surface area contributed by atoms with Gasteiger partial charge in [-0.1, -0.05) is 35.5 Å². The number of hydrogen-bond acceptors (Lipinski definition) is 7. The number of aromatic nitrogens is 4. The fourth-order valence-corrected chi connectivity index (χ4v) is 1.77. The third-order valence-corrected chi connectivity index (χ3v) is 2.74. The van der Waals surface area contributed by atoms with Crippen LogP contribution < -0.4 is 10.6 Å². The molecule has 0 bridgehead atoms. The predicted octanol–water partition coefficient (Wildman–Crippen LogP) is 2.52. The van der Waals surface area contributed by atoms with E-state index in [1.165, 1.54) is 0 Å². The molecule has 0 amide bonds. The Kier molecular flexibility index (Phi) is 3.72. The molecule has 1 aromatic carbocycles. The number of anilines is 3. The van der Waals surface area contributed by atoms with Gasteiger partial charge in [-0.25, -0.2) is 0 Å². The third-order valence-electron chi connectivity index (χ3n) is 2.74. The molecule has 3 rings (SSSR count). The first-order chi connectivity index (χ1) is 10.3. The molecule has 0 saturated carbocycles. The summed E-state index contributed by atoms with van der Waals surface area (Å²) < 4.78 is 4.97. The maximum atomic E-state index is 4.97. The van der Waals surface area contributed by atoms with Gasteiger partial charge in [-0.3, -0.25) is 0 Å². The van der Waals surface area contributed by atoms with Crippen LogP contribution in [-0.2, 0) is 6.54 Å². The van der Waals surface area contributed by atoms with Gasteiger partial charge in [0.05, 0.1) is 6.20 Å². The molecule has 0 atom stereocenters. The Bertz CT molecular complexity index is 712. The summed E-state index contributed by atoms with van der Waals surface area (Å²) in [4.78, 5) is 4.31. The number of nitrogens with one attached hydrogen (secondary N) is 2. The van der Waals surface area contributed by atoms with Gasteiger partial charge in [0.25, 0.3) is 0 Å². The summed E-state index contributed by atoms with van der Waals surface area (Å²) in [6.07, 6.45) is 1.57. The first-order valence-corrected chi connectivity index (χ1v) is 6.47. The molecule has 0 fully saturated rings. The highest BCUT2D eigenvalue weighted by Crippen LogP contribution is 2.13. The Labute approximate surface area is 121 Å². The van der Waals surface area contributed by atoms with Gasteiger partial charge in [0.2, 0.25) is 5.95 Å². The lowest BCUT2D eigenvalue weighted by molar-refractivity contribution is 0.400. The normalized spacial score (nSPS) is 10.3. The minimum Gasteiger partial charge on any atom is -0.365 e. The molecule has 106 valence electrons. The van der Waals surface area contributed by atoms with E-state index in [0.717, 1.165) is 5.56 Å². The fraction of sp³-hybridized carbons (Fsp3) is 0.143. The first kappa shape index (κ1) is 13.0. The fourth-order valence-electron chi connectivity index (χ4n) is 1.77. The number of aryl methyl sites for hydroxylation is 1. The van der Waals surface area contributed by atoms with Crippen molar-refractivity contribution in [2.24, 2.45) is 0 Å². The van der Waals surface area contributed by atoms with Crippen molar-refractivity contribution in [3.05, 3.63) is 53.9 Å². The Balaban J connectivity index is 1.65. The molecule has 7 nitrogen and oxygen atoms in total. The van der Waals surface area contributed by atoms with Gasteiger partial charge in [-0.15, -0.1) is 5.10 Å². The van der Waals surface area contributed by atoms with Gasteiger partial charge >= 0.3 is 0 Å². The van der Waals surface area contributed by atoms with E-state index in [2.05, 4.69) is 31.0 Å². The zero-order valence-electron chi connectivity index (χ0n) is 11.4. The standard InChI is InChI=1S/C14H14N6O/c1-10-7-12(20-21-10)17-14-18-13(9-16-19-14)15-8-11-5-3-2-4-6-11/h2-7,9H,8H2,1H3,(H2,15,17,18,19,20). The van der Waals surface area contributed by atoms with E-state index in [0.29, 0.717) is 29.9 Å². The molecule has 0 aliphatic rings. The third kappa shape index (κ3) is 3.53. The number of nitrogens with zero attached hydrogens (tertiary/aromatic N) is 4. The van der Waals surface area contributed by atoms with E-state index in [9.17, 15) is 0 Å². The van der Waals surface area contributed by atoms with E-state index in [-0.39, 0.29) is 0 Å². The van der Waals surface area contributed by atoms with Gasteiger partial charge in [0.15, 0.2) is 11.6 Å². The van der Waals surface area contributed by atoms with Crippen molar-refractivity contribution in [2.75, 3.05) is 10.6 Å². The highest BCUT2D eigenvalue weighted by atomic mass is 16.5. The Morgan fingerprint density at radius 3 is 2.76 bits per heavy atom. The Hall–Kier alpha value is -2.96. The van der Waals surface area contributed by atoms with Crippen LogP contribution in [0.15, 0.2) is 47.1 Å². The van der Waals surface area contributed by atoms with Crippen LogP contribution in [0.25, 0.3) is 0 Å². The quantitative estimate of drug-likeness (QED) is 0.743. The van der Waals surface area contributed by atoms with Crippen molar-refractivity contribution < 1.29 is 4.52 Å². The molecule has 0 spiro atoms. The van der Waals surface area contributed by atoms with Crippen molar-refractivity contribution in [3.8, 4) is 0 Å². The van der Waals surface area contributed by atoms with E-state index in [1.807, 2.05) is 37.3 Å². The molecule has 7 heteroatoms. The summed E-state index contributed by atoms with van der Waals surface area (Å²) in [5.41, 5.74) is 1.16. The molecule has 0 saturated heterocycles.